The highest BCUT2D eigenvalue weighted by molar-refractivity contribution is 5.07. The van der Waals surface area contributed by atoms with E-state index in [1.807, 2.05) is 13.2 Å². The van der Waals surface area contributed by atoms with Crippen LogP contribution in [0.1, 0.15) is 30.8 Å². The molecule has 12 heavy (non-hydrogen) atoms. The fourth-order valence-electron chi connectivity index (χ4n) is 1.35. The van der Waals surface area contributed by atoms with E-state index < -0.39 is 0 Å². The molecule has 0 aliphatic heterocycles. The second kappa shape index (κ2) is 3.72. The second-order valence-corrected chi connectivity index (χ2v) is 3.16. The van der Waals surface area contributed by atoms with Crippen LogP contribution in [-0.4, -0.2) is 16.1 Å². The van der Waals surface area contributed by atoms with Gasteiger partial charge < -0.3 is 10.3 Å². The van der Waals surface area contributed by atoms with Gasteiger partial charge in [-0.25, -0.2) is 4.98 Å². The molecule has 1 heterocycles. The number of rotatable bonds is 3. The Morgan fingerprint density at radius 2 is 2.33 bits per heavy atom. The standard InChI is InChI=1S/C9H17N3/c1-4-8(5-10)9-11-6-7(2)12(9)3/h6,8H,4-5,10H2,1-3H3. The molecule has 1 aromatic rings. The van der Waals surface area contributed by atoms with Crippen molar-refractivity contribution in [1.82, 2.24) is 9.55 Å². The van der Waals surface area contributed by atoms with Crippen LogP contribution in [0, 0.1) is 6.92 Å². The molecule has 0 aliphatic rings. The summed E-state index contributed by atoms with van der Waals surface area (Å²) in [5.41, 5.74) is 6.83. The van der Waals surface area contributed by atoms with Gasteiger partial charge in [-0.1, -0.05) is 6.92 Å². The number of aryl methyl sites for hydroxylation is 1. The van der Waals surface area contributed by atoms with Gasteiger partial charge in [0.25, 0.3) is 0 Å². The maximum atomic E-state index is 5.64. The Morgan fingerprint density at radius 3 is 2.67 bits per heavy atom. The van der Waals surface area contributed by atoms with E-state index in [1.165, 1.54) is 5.69 Å². The zero-order valence-corrected chi connectivity index (χ0v) is 8.04. The summed E-state index contributed by atoms with van der Waals surface area (Å²) in [6.45, 7) is 4.88. The Kier molecular flexibility index (Phi) is 2.87. The lowest BCUT2D eigenvalue weighted by molar-refractivity contribution is 0.599. The molecule has 1 rings (SSSR count). The van der Waals surface area contributed by atoms with E-state index in [2.05, 4.69) is 23.4 Å². The maximum absolute atomic E-state index is 5.64. The lowest BCUT2D eigenvalue weighted by Crippen LogP contribution is -2.15. The summed E-state index contributed by atoms with van der Waals surface area (Å²) in [5.74, 6) is 1.52. The lowest BCUT2D eigenvalue weighted by Gasteiger charge is -2.12. The van der Waals surface area contributed by atoms with Crippen molar-refractivity contribution in [2.75, 3.05) is 6.54 Å². The van der Waals surface area contributed by atoms with Crippen molar-refractivity contribution in [3.63, 3.8) is 0 Å². The molecule has 0 saturated heterocycles. The van der Waals surface area contributed by atoms with Gasteiger partial charge in [-0.05, 0) is 13.3 Å². The summed E-state index contributed by atoms with van der Waals surface area (Å²) < 4.78 is 2.11. The average molecular weight is 167 g/mol. The molecular weight excluding hydrogens is 150 g/mol. The molecule has 1 aromatic heterocycles. The van der Waals surface area contributed by atoms with Crippen LogP contribution in [0.5, 0.6) is 0 Å². The molecule has 0 fully saturated rings. The Morgan fingerprint density at radius 1 is 1.67 bits per heavy atom. The van der Waals surface area contributed by atoms with E-state index in [0.717, 1.165) is 12.2 Å². The van der Waals surface area contributed by atoms with Gasteiger partial charge in [-0.2, -0.15) is 0 Å². The van der Waals surface area contributed by atoms with Crippen LogP contribution in [0.25, 0.3) is 0 Å². The van der Waals surface area contributed by atoms with Gasteiger partial charge in [-0.3, -0.25) is 0 Å². The summed E-state index contributed by atoms with van der Waals surface area (Å²) in [7, 11) is 2.04. The molecule has 0 aromatic carbocycles. The van der Waals surface area contributed by atoms with E-state index in [-0.39, 0.29) is 0 Å². The highest BCUT2D eigenvalue weighted by atomic mass is 15.1. The van der Waals surface area contributed by atoms with Gasteiger partial charge in [0.15, 0.2) is 0 Å². The zero-order chi connectivity index (χ0) is 9.14. The molecule has 1 atom stereocenters. The highest BCUT2D eigenvalue weighted by Gasteiger charge is 2.12. The molecule has 0 aliphatic carbocycles. The van der Waals surface area contributed by atoms with Gasteiger partial charge in [0.2, 0.25) is 0 Å². The normalized spacial score (nSPS) is 13.3. The van der Waals surface area contributed by atoms with Gasteiger partial charge in [0, 0.05) is 31.4 Å². The van der Waals surface area contributed by atoms with Crippen molar-refractivity contribution in [3.05, 3.63) is 17.7 Å². The summed E-state index contributed by atoms with van der Waals surface area (Å²) in [4.78, 5) is 4.34. The van der Waals surface area contributed by atoms with E-state index in [0.29, 0.717) is 12.5 Å². The van der Waals surface area contributed by atoms with Crippen LogP contribution in [0.3, 0.4) is 0 Å². The van der Waals surface area contributed by atoms with Gasteiger partial charge in [0.1, 0.15) is 5.82 Å². The minimum absolute atomic E-state index is 0.406. The number of nitrogens with two attached hydrogens (primary N) is 1. The second-order valence-electron chi connectivity index (χ2n) is 3.16. The SMILES string of the molecule is CCC(CN)c1ncc(C)n1C. The fraction of sp³-hybridized carbons (Fsp3) is 0.667. The Bertz CT molecular complexity index is 248. The molecule has 3 heteroatoms. The average Bonchev–Trinajstić information content (AvgIpc) is 2.38. The van der Waals surface area contributed by atoms with Crippen molar-refractivity contribution in [3.8, 4) is 0 Å². The van der Waals surface area contributed by atoms with Gasteiger partial charge >= 0.3 is 0 Å². The molecule has 0 bridgehead atoms. The third kappa shape index (κ3) is 1.50. The minimum atomic E-state index is 0.406. The molecule has 0 saturated carbocycles. The van der Waals surface area contributed by atoms with Crippen molar-refractivity contribution in [1.29, 1.82) is 0 Å². The molecule has 0 amide bonds. The molecule has 2 N–H and O–H groups in total. The first-order valence-electron chi connectivity index (χ1n) is 4.39. The lowest BCUT2D eigenvalue weighted by atomic mass is 10.1. The van der Waals surface area contributed by atoms with Crippen molar-refractivity contribution in [2.24, 2.45) is 12.8 Å². The van der Waals surface area contributed by atoms with Crippen molar-refractivity contribution in [2.45, 2.75) is 26.2 Å². The highest BCUT2D eigenvalue weighted by Crippen LogP contribution is 2.16. The van der Waals surface area contributed by atoms with Crippen LogP contribution in [-0.2, 0) is 7.05 Å². The summed E-state index contributed by atoms with van der Waals surface area (Å²) in [6, 6.07) is 0. The third-order valence-corrected chi connectivity index (χ3v) is 2.40. The molecular formula is C9H17N3. The maximum Gasteiger partial charge on any atom is 0.112 e. The number of imidazole rings is 1. The molecule has 68 valence electrons. The van der Waals surface area contributed by atoms with E-state index in [4.69, 9.17) is 5.73 Å². The minimum Gasteiger partial charge on any atom is -0.335 e. The Labute approximate surface area is 73.6 Å². The quantitative estimate of drug-likeness (QED) is 0.734. The number of hydrogen-bond acceptors (Lipinski definition) is 2. The van der Waals surface area contributed by atoms with Crippen molar-refractivity contribution >= 4 is 0 Å². The van der Waals surface area contributed by atoms with Gasteiger partial charge in [-0.15, -0.1) is 0 Å². The monoisotopic (exact) mass is 167 g/mol. The van der Waals surface area contributed by atoms with E-state index in [9.17, 15) is 0 Å². The number of aromatic nitrogens is 2. The summed E-state index contributed by atoms with van der Waals surface area (Å²) >= 11 is 0. The first kappa shape index (κ1) is 9.26. The van der Waals surface area contributed by atoms with Gasteiger partial charge in [0.05, 0.1) is 0 Å². The van der Waals surface area contributed by atoms with Crippen LogP contribution in [0.15, 0.2) is 6.20 Å². The largest absolute Gasteiger partial charge is 0.335 e. The van der Waals surface area contributed by atoms with Crippen LogP contribution >= 0.6 is 0 Å². The number of nitrogens with zero attached hydrogens (tertiary/aromatic N) is 2. The first-order valence-corrected chi connectivity index (χ1v) is 4.39. The van der Waals surface area contributed by atoms with E-state index >= 15 is 0 Å². The van der Waals surface area contributed by atoms with Crippen LogP contribution in [0.4, 0.5) is 0 Å². The van der Waals surface area contributed by atoms with E-state index in [1.54, 1.807) is 0 Å². The topological polar surface area (TPSA) is 43.8 Å². The molecule has 0 radical (unpaired) electrons. The smallest absolute Gasteiger partial charge is 0.112 e. The Hall–Kier alpha value is -0.830. The Balaban J connectivity index is 2.93. The molecule has 0 spiro atoms. The predicted octanol–water partition coefficient (Wildman–Crippen LogP) is 1.18. The van der Waals surface area contributed by atoms with Crippen molar-refractivity contribution < 1.29 is 0 Å². The zero-order valence-electron chi connectivity index (χ0n) is 8.04. The predicted molar refractivity (Wildman–Crippen MR) is 50.0 cm³/mol. The fourth-order valence-corrected chi connectivity index (χ4v) is 1.35. The number of hydrogen-bond donors (Lipinski definition) is 1. The van der Waals surface area contributed by atoms with Crippen LogP contribution < -0.4 is 5.73 Å². The van der Waals surface area contributed by atoms with Crippen LogP contribution in [0.2, 0.25) is 0 Å². The molecule has 3 nitrogen and oxygen atoms in total. The first-order chi connectivity index (χ1) is 5.70. The summed E-state index contributed by atoms with van der Waals surface area (Å²) in [6.07, 6.45) is 2.95. The molecule has 1 unspecified atom stereocenters. The third-order valence-electron chi connectivity index (χ3n) is 2.40. The summed E-state index contributed by atoms with van der Waals surface area (Å²) in [5, 5.41) is 0.